The van der Waals surface area contributed by atoms with Gasteiger partial charge in [0.25, 0.3) is 11.8 Å². The molecule has 11 heteroatoms. The van der Waals surface area contributed by atoms with Crippen LogP contribution >= 0.6 is 11.6 Å². The van der Waals surface area contributed by atoms with Crippen molar-refractivity contribution in [3.63, 3.8) is 0 Å². The van der Waals surface area contributed by atoms with Crippen molar-refractivity contribution in [1.82, 2.24) is 30.0 Å². The van der Waals surface area contributed by atoms with E-state index in [1.165, 1.54) is 0 Å². The maximum Gasteiger partial charge on any atom is 0.267 e. The Morgan fingerprint density at radius 3 is 2.54 bits per heavy atom. The fraction of sp³-hybridized carbons (Fsp3) is 0.462. The summed E-state index contributed by atoms with van der Waals surface area (Å²) in [5.74, 6) is 1.47. The Labute approximate surface area is 220 Å². The number of carbonyl (C=O) groups is 1. The molecule has 2 saturated heterocycles. The van der Waals surface area contributed by atoms with E-state index in [0.717, 1.165) is 52.0 Å². The fourth-order valence-electron chi connectivity index (χ4n) is 5.25. The second-order valence-corrected chi connectivity index (χ2v) is 9.81. The first-order chi connectivity index (χ1) is 18.0. The summed E-state index contributed by atoms with van der Waals surface area (Å²) < 4.78 is 5.44. The number of aryl methyl sites for hydroxylation is 1. The maximum absolute atomic E-state index is 12.9. The lowest BCUT2D eigenvalue weighted by atomic mass is 9.97. The molecule has 0 aliphatic carbocycles. The van der Waals surface area contributed by atoms with Gasteiger partial charge in [-0.25, -0.2) is 9.97 Å². The van der Waals surface area contributed by atoms with Crippen LogP contribution in [0.1, 0.15) is 48.0 Å². The summed E-state index contributed by atoms with van der Waals surface area (Å²) in [6.07, 6.45) is 4.52. The number of likely N-dealkylation sites (tertiary alicyclic amines) is 1. The van der Waals surface area contributed by atoms with Crippen LogP contribution in [-0.4, -0.2) is 80.7 Å². The fourth-order valence-corrected chi connectivity index (χ4v) is 5.51. The highest BCUT2D eigenvalue weighted by Crippen LogP contribution is 2.30. The highest BCUT2D eigenvalue weighted by molar-refractivity contribution is 6.31. The molecule has 3 aromatic rings. The van der Waals surface area contributed by atoms with Crippen LogP contribution < -0.4 is 4.90 Å². The molecule has 0 spiro atoms. The van der Waals surface area contributed by atoms with Gasteiger partial charge in [0.2, 0.25) is 5.89 Å². The van der Waals surface area contributed by atoms with E-state index in [0.29, 0.717) is 51.7 Å². The molecule has 0 radical (unpaired) electrons. The number of hydrogen-bond donors (Lipinski definition) is 0. The summed E-state index contributed by atoms with van der Waals surface area (Å²) in [7, 11) is 0. The average Bonchev–Trinajstić information content (AvgIpc) is 3.38. The van der Waals surface area contributed by atoms with Gasteiger partial charge in [-0.3, -0.25) is 9.69 Å². The zero-order chi connectivity index (χ0) is 25.9. The summed E-state index contributed by atoms with van der Waals surface area (Å²) in [5, 5.41) is 17.1. The minimum absolute atomic E-state index is 0.0344. The van der Waals surface area contributed by atoms with Gasteiger partial charge in [0.1, 0.15) is 5.69 Å². The van der Waals surface area contributed by atoms with Crippen molar-refractivity contribution in [1.29, 1.82) is 5.26 Å². The molecule has 4 heterocycles. The number of anilines is 1. The third-order valence-corrected chi connectivity index (χ3v) is 7.49. The average molecular weight is 521 g/mol. The normalized spacial score (nSPS) is 19.1. The number of amides is 1. The standard InChI is InChI=1S/C26H29ClN8O2/c1-3-20-16-34(24-23(27)30-22(15-29-24)25-32-31-17(2)37-25)12-13-35(20)21-8-10-33(11-9-21)26(36)19-6-4-18(14-28)5-7-19/h4-7,15,20-21H,3,8-13,16H2,1-2H3/t20-/m0/s1. The molecule has 5 rings (SSSR count). The number of nitrogens with zero attached hydrogens (tertiary/aromatic N) is 8. The van der Waals surface area contributed by atoms with Gasteiger partial charge in [-0.2, -0.15) is 5.26 Å². The van der Waals surface area contributed by atoms with E-state index >= 15 is 0 Å². The topological polar surface area (TPSA) is 115 Å². The van der Waals surface area contributed by atoms with Crippen molar-refractivity contribution in [2.75, 3.05) is 37.6 Å². The van der Waals surface area contributed by atoms with E-state index in [-0.39, 0.29) is 5.91 Å². The zero-order valence-corrected chi connectivity index (χ0v) is 21.7. The van der Waals surface area contributed by atoms with Crippen molar-refractivity contribution < 1.29 is 9.21 Å². The number of piperazine rings is 1. The third kappa shape index (κ3) is 5.29. The Kier molecular flexibility index (Phi) is 7.35. The number of benzene rings is 1. The number of nitriles is 1. The molecule has 0 saturated carbocycles. The van der Waals surface area contributed by atoms with Crippen molar-refractivity contribution in [2.45, 2.75) is 45.2 Å². The monoisotopic (exact) mass is 520 g/mol. The van der Waals surface area contributed by atoms with E-state index in [2.05, 4.69) is 43.0 Å². The van der Waals surface area contributed by atoms with Gasteiger partial charge in [-0.05, 0) is 43.5 Å². The lowest BCUT2D eigenvalue weighted by Gasteiger charge is -2.47. The van der Waals surface area contributed by atoms with E-state index in [4.69, 9.17) is 21.3 Å². The van der Waals surface area contributed by atoms with Crippen LogP contribution in [0.5, 0.6) is 0 Å². The molecule has 2 aliphatic rings. The first kappa shape index (κ1) is 25.1. The van der Waals surface area contributed by atoms with Gasteiger partial charge in [-0.15, -0.1) is 10.2 Å². The Hall–Kier alpha value is -3.55. The molecule has 0 bridgehead atoms. The number of halogens is 1. The van der Waals surface area contributed by atoms with Gasteiger partial charge >= 0.3 is 0 Å². The van der Waals surface area contributed by atoms with Crippen molar-refractivity contribution in [3.05, 3.63) is 52.6 Å². The molecule has 2 aliphatic heterocycles. The molecule has 192 valence electrons. The second kappa shape index (κ2) is 10.8. The second-order valence-electron chi connectivity index (χ2n) is 9.45. The molecular weight excluding hydrogens is 492 g/mol. The van der Waals surface area contributed by atoms with Crippen LogP contribution in [0.25, 0.3) is 11.6 Å². The minimum atomic E-state index is 0.0344. The van der Waals surface area contributed by atoms with Crippen molar-refractivity contribution in [3.8, 4) is 17.7 Å². The Balaban J connectivity index is 1.20. The SMILES string of the molecule is CC[C@H]1CN(c2ncc(-c3nnc(C)o3)nc2Cl)CCN1C1CCN(C(=O)c2ccc(C#N)cc2)CC1. The number of aromatic nitrogens is 4. The predicted octanol–water partition coefficient (Wildman–Crippen LogP) is 3.57. The third-order valence-electron chi connectivity index (χ3n) is 7.24. The largest absolute Gasteiger partial charge is 0.420 e. The summed E-state index contributed by atoms with van der Waals surface area (Å²) in [6, 6.07) is 9.75. The summed E-state index contributed by atoms with van der Waals surface area (Å²) >= 11 is 6.54. The molecule has 1 aromatic carbocycles. The van der Waals surface area contributed by atoms with Gasteiger partial charge in [0, 0.05) is 57.3 Å². The summed E-state index contributed by atoms with van der Waals surface area (Å²) in [5.41, 5.74) is 1.66. The zero-order valence-electron chi connectivity index (χ0n) is 21.0. The quantitative estimate of drug-likeness (QED) is 0.497. The number of hydrogen-bond acceptors (Lipinski definition) is 9. The van der Waals surface area contributed by atoms with Gasteiger partial charge < -0.3 is 14.2 Å². The van der Waals surface area contributed by atoms with Crippen LogP contribution in [0.2, 0.25) is 5.15 Å². The predicted molar refractivity (Wildman–Crippen MR) is 138 cm³/mol. The van der Waals surface area contributed by atoms with E-state index in [1.807, 2.05) is 4.90 Å². The first-order valence-electron chi connectivity index (χ1n) is 12.6. The summed E-state index contributed by atoms with van der Waals surface area (Å²) in [4.78, 5) is 28.7. The van der Waals surface area contributed by atoms with Crippen LogP contribution in [0.4, 0.5) is 5.82 Å². The molecule has 1 amide bonds. The lowest BCUT2D eigenvalue weighted by Crippen LogP contribution is -2.58. The van der Waals surface area contributed by atoms with Crippen LogP contribution in [0, 0.1) is 18.3 Å². The van der Waals surface area contributed by atoms with Gasteiger partial charge in [-0.1, -0.05) is 18.5 Å². The van der Waals surface area contributed by atoms with Gasteiger partial charge in [0.15, 0.2) is 11.0 Å². The van der Waals surface area contributed by atoms with E-state index in [9.17, 15) is 4.79 Å². The molecule has 37 heavy (non-hydrogen) atoms. The Bertz CT molecular complexity index is 1300. The summed E-state index contributed by atoms with van der Waals surface area (Å²) in [6.45, 7) is 7.90. The van der Waals surface area contributed by atoms with Crippen molar-refractivity contribution >= 4 is 23.3 Å². The van der Waals surface area contributed by atoms with Crippen LogP contribution in [-0.2, 0) is 0 Å². The number of piperidine rings is 1. The molecular formula is C26H29ClN8O2. The Morgan fingerprint density at radius 2 is 1.92 bits per heavy atom. The lowest BCUT2D eigenvalue weighted by molar-refractivity contribution is 0.0491. The van der Waals surface area contributed by atoms with Crippen LogP contribution in [0.3, 0.4) is 0 Å². The molecule has 2 aromatic heterocycles. The minimum Gasteiger partial charge on any atom is -0.420 e. The smallest absolute Gasteiger partial charge is 0.267 e. The number of rotatable bonds is 5. The molecule has 1 atom stereocenters. The van der Waals surface area contributed by atoms with Gasteiger partial charge in [0.05, 0.1) is 17.8 Å². The van der Waals surface area contributed by atoms with Crippen molar-refractivity contribution in [2.24, 2.45) is 0 Å². The number of carbonyl (C=O) groups excluding carboxylic acids is 1. The van der Waals surface area contributed by atoms with E-state index in [1.54, 1.807) is 37.4 Å². The highest BCUT2D eigenvalue weighted by Gasteiger charge is 2.35. The molecule has 0 unspecified atom stereocenters. The molecule has 2 fully saturated rings. The van der Waals surface area contributed by atoms with Crippen LogP contribution in [0.15, 0.2) is 34.9 Å². The first-order valence-corrected chi connectivity index (χ1v) is 13.0. The molecule has 10 nitrogen and oxygen atoms in total. The molecule has 0 N–H and O–H groups in total. The van der Waals surface area contributed by atoms with E-state index < -0.39 is 0 Å². The Morgan fingerprint density at radius 1 is 1.16 bits per heavy atom. The maximum atomic E-state index is 12.9. The highest BCUT2D eigenvalue weighted by atomic mass is 35.5.